The highest BCUT2D eigenvalue weighted by Gasteiger charge is 2.39. The molecule has 0 unspecified atom stereocenters. The molecule has 0 amide bonds. The highest BCUT2D eigenvalue weighted by atomic mass is 16.3. The summed E-state index contributed by atoms with van der Waals surface area (Å²) in [5.41, 5.74) is 19.7. The highest BCUT2D eigenvalue weighted by Crippen LogP contribution is 2.55. The van der Waals surface area contributed by atoms with E-state index in [9.17, 15) is 0 Å². The van der Waals surface area contributed by atoms with Crippen LogP contribution in [0.4, 0.5) is 17.1 Å². The zero-order valence-electron chi connectivity index (χ0n) is 33.1. The Morgan fingerprint density at radius 2 is 0.864 bits per heavy atom. The molecule has 0 saturated heterocycles. The molecular formula is C57H41NO. The van der Waals surface area contributed by atoms with Crippen molar-refractivity contribution in [3.63, 3.8) is 0 Å². The lowest BCUT2D eigenvalue weighted by molar-refractivity contribution is 0.662. The second kappa shape index (κ2) is 13.9. The lowest BCUT2D eigenvalue weighted by Crippen LogP contribution is -2.17. The van der Waals surface area contributed by atoms with Gasteiger partial charge in [0.2, 0.25) is 0 Å². The monoisotopic (exact) mass is 755 g/mol. The lowest BCUT2D eigenvalue weighted by Gasteiger charge is -2.29. The van der Waals surface area contributed by atoms with Crippen LogP contribution in [0, 0.1) is 0 Å². The first kappa shape index (κ1) is 34.8. The van der Waals surface area contributed by atoms with Crippen LogP contribution in [0.3, 0.4) is 0 Å². The van der Waals surface area contributed by atoms with Gasteiger partial charge < -0.3 is 9.32 Å². The molecule has 2 heteroatoms. The third-order valence-corrected chi connectivity index (χ3v) is 12.3. The molecule has 1 aliphatic carbocycles. The number of hydrogen-bond acceptors (Lipinski definition) is 2. The van der Waals surface area contributed by atoms with Gasteiger partial charge in [0.05, 0.1) is 0 Å². The van der Waals surface area contributed by atoms with E-state index in [4.69, 9.17) is 4.42 Å². The van der Waals surface area contributed by atoms with Gasteiger partial charge in [-0.05, 0) is 116 Å². The molecule has 280 valence electrons. The zero-order valence-corrected chi connectivity index (χ0v) is 33.1. The molecule has 0 atom stereocenters. The van der Waals surface area contributed by atoms with Gasteiger partial charge in [-0.2, -0.15) is 0 Å². The minimum Gasteiger partial charge on any atom is -0.455 e. The van der Waals surface area contributed by atoms with E-state index >= 15 is 0 Å². The van der Waals surface area contributed by atoms with Crippen LogP contribution in [0.1, 0.15) is 25.0 Å². The number of benzene rings is 9. The van der Waals surface area contributed by atoms with E-state index in [-0.39, 0.29) is 5.41 Å². The van der Waals surface area contributed by atoms with Gasteiger partial charge >= 0.3 is 0 Å². The van der Waals surface area contributed by atoms with Crippen molar-refractivity contribution in [2.75, 3.05) is 4.90 Å². The Labute approximate surface area is 345 Å². The average Bonchev–Trinajstić information content (AvgIpc) is 3.79. The first-order valence-electron chi connectivity index (χ1n) is 20.4. The summed E-state index contributed by atoms with van der Waals surface area (Å²) in [7, 11) is 0. The van der Waals surface area contributed by atoms with E-state index in [0.717, 1.165) is 50.1 Å². The molecular weight excluding hydrogens is 715 g/mol. The van der Waals surface area contributed by atoms with Crippen molar-refractivity contribution in [1.29, 1.82) is 0 Å². The fourth-order valence-corrected chi connectivity index (χ4v) is 9.37. The number of para-hydroxylation sites is 2. The first-order chi connectivity index (χ1) is 29.0. The number of fused-ring (bicyclic) bond motifs is 6. The molecule has 0 spiro atoms. The standard InChI is InChI=1S/C57H41NO/c1-57(2)53-37-46(33-34-48(53)52-36-43(39-17-8-4-9-18-39)35-51(55(52)57)41-19-10-5-11-20-41)58(44-29-25-40(26-30-44)38-15-6-3-7-16-38)45-31-27-42(28-32-45)47-22-14-23-50-49-21-12-13-24-54(49)59-56(47)50/h3-37H,1-2H3. The fourth-order valence-electron chi connectivity index (χ4n) is 9.37. The largest absolute Gasteiger partial charge is 0.455 e. The first-order valence-corrected chi connectivity index (χ1v) is 20.4. The second-order valence-electron chi connectivity index (χ2n) is 16.1. The van der Waals surface area contributed by atoms with Crippen LogP contribution in [0.15, 0.2) is 217 Å². The van der Waals surface area contributed by atoms with E-state index in [1.807, 2.05) is 12.1 Å². The number of nitrogens with zero attached hydrogens (tertiary/aromatic N) is 1. The van der Waals surface area contributed by atoms with Gasteiger partial charge in [-0.25, -0.2) is 0 Å². The van der Waals surface area contributed by atoms with Gasteiger partial charge in [-0.15, -0.1) is 0 Å². The van der Waals surface area contributed by atoms with Gasteiger partial charge in [0, 0.05) is 38.8 Å². The fraction of sp³-hybridized carbons (Fsp3) is 0.0526. The van der Waals surface area contributed by atoms with Gasteiger partial charge in [0.25, 0.3) is 0 Å². The third-order valence-electron chi connectivity index (χ3n) is 12.3. The summed E-state index contributed by atoms with van der Waals surface area (Å²) in [6.45, 7) is 4.78. The summed E-state index contributed by atoms with van der Waals surface area (Å²) in [5, 5.41) is 2.27. The zero-order chi connectivity index (χ0) is 39.5. The van der Waals surface area contributed by atoms with Crippen LogP contribution in [-0.4, -0.2) is 0 Å². The van der Waals surface area contributed by atoms with E-state index in [1.165, 1.54) is 55.6 Å². The Bertz CT molecular complexity index is 3140. The maximum atomic E-state index is 6.45. The van der Waals surface area contributed by atoms with Crippen molar-refractivity contribution in [1.82, 2.24) is 0 Å². The average molecular weight is 756 g/mol. The molecule has 0 fully saturated rings. The van der Waals surface area contributed by atoms with Crippen LogP contribution in [-0.2, 0) is 5.41 Å². The van der Waals surface area contributed by atoms with Crippen LogP contribution in [0.5, 0.6) is 0 Å². The number of furan rings is 1. The Morgan fingerprint density at radius 1 is 0.356 bits per heavy atom. The molecule has 1 heterocycles. The lowest BCUT2D eigenvalue weighted by atomic mass is 9.78. The molecule has 1 aromatic heterocycles. The Kier molecular flexibility index (Phi) is 8.20. The molecule has 0 N–H and O–H groups in total. The third kappa shape index (κ3) is 5.87. The Hall–Kier alpha value is -7.42. The molecule has 59 heavy (non-hydrogen) atoms. The molecule has 9 aromatic carbocycles. The van der Waals surface area contributed by atoms with E-state index < -0.39 is 0 Å². The second-order valence-corrected chi connectivity index (χ2v) is 16.1. The van der Waals surface area contributed by atoms with Crippen molar-refractivity contribution < 1.29 is 4.42 Å². The summed E-state index contributed by atoms with van der Waals surface area (Å²) < 4.78 is 6.45. The maximum absolute atomic E-state index is 6.45. The molecule has 0 aliphatic heterocycles. The number of hydrogen-bond donors (Lipinski definition) is 0. The van der Waals surface area contributed by atoms with Crippen molar-refractivity contribution in [3.8, 4) is 55.6 Å². The quantitative estimate of drug-likeness (QED) is 0.161. The normalized spacial score (nSPS) is 12.7. The Morgan fingerprint density at radius 3 is 1.54 bits per heavy atom. The van der Waals surface area contributed by atoms with Crippen molar-refractivity contribution in [2.24, 2.45) is 0 Å². The summed E-state index contributed by atoms with van der Waals surface area (Å²) >= 11 is 0. The predicted molar refractivity (Wildman–Crippen MR) is 248 cm³/mol. The van der Waals surface area contributed by atoms with E-state index in [1.54, 1.807) is 0 Å². The summed E-state index contributed by atoms with van der Waals surface area (Å²) in [6.07, 6.45) is 0. The van der Waals surface area contributed by atoms with E-state index in [2.05, 4.69) is 219 Å². The minimum absolute atomic E-state index is 0.251. The highest BCUT2D eigenvalue weighted by molar-refractivity contribution is 6.09. The van der Waals surface area contributed by atoms with Gasteiger partial charge in [-0.1, -0.05) is 172 Å². The predicted octanol–water partition coefficient (Wildman–Crippen LogP) is 16.0. The van der Waals surface area contributed by atoms with Crippen molar-refractivity contribution in [3.05, 3.63) is 223 Å². The summed E-state index contributed by atoms with van der Waals surface area (Å²) in [6, 6.07) is 76.8. The molecule has 0 bridgehead atoms. The van der Waals surface area contributed by atoms with Gasteiger partial charge in [0.1, 0.15) is 11.2 Å². The van der Waals surface area contributed by atoms with Crippen molar-refractivity contribution >= 4 is 39.0 Å². The molecule has 1 aliphatic rings. The number of rotatable bonds is 7. The molecule has 0 saturated carbocycles. The van der Waals surface area contributed by atoms with Gasteiger partial charge in [-0.3, -0.25) is 0 Å². The molecule has 11 rings (SSSR count). The van der Waals surface area contributed by atoms with Crippen LogP contribution < -0.4 is 4.90 Å². The summed E-state index contributed by atoms with van der Waals surface area (Å²) in [4.78, 5) is 2.40. The minimum atomic E-state index is -0.251. The topological polar surface area (TPSA) is 16.4 Å². The van der Waals surface area contributed by atoms with Crippen LogP contribution in [0.25, 0.3) is 77.6 Å². The van der Waals surface area contributed by atoms with Gasteiger partial charge in [0.15, 0.2) is 0 Å². The van der Waals surface area contributed by atoms with Crippen molar-refractivity contribution in [2.45, 2.75) is 19.3 Å². The SMILES string of the molecule is CC1(C)c2cc(N(c3ccc(-c4ccccc4)cc3)c3ccc(-c4cccc5c4oc4ccccc45)cc3)ccc2-c2cc(-c3ccccc3)cc(-c3ccccc3)c21. The molecule has 10 aromatic rings. The van der Waals surface area contributed by atoms with Crippen LogP contribution >= 0.6 is 0 Å². The molecule has 0 radical (unpaired) electrons. The smallest absolute Gasteiger partial charge is 0.143 e. The maximum Gasteiger partial charge on any atom is 0.143 e. The van der Waals surface area contributed by atoms with E-state index in [0.29, 0.717) is 0 Å². The Balaban J connectivity index is 1.05. The number of anilines is 3. The summed E-state index contributed by atoms with van der Waals surface area (Å²) in [5.74, 6) is 0. The molecule has 2 nitrogen and oxygen atoms in total. The van der Waals surface area contributed by atoms with Crippen LogP contribution in [0.2, 0.25) is 0 Å².